The molecule has 3 rings (SSSR count). The van der Waals surface area contributed by atoms with Crippen molar-refractivity contribution in [3.63, 3.8) is 0 Å². The number of likely N-dealkylation sites (N-methyl/N-ethyl adjacent to an activating group) is 1. The zero-order valence-corrected chi connectivity index (χ0v) is 17.3. The van der Waals surface area contributed by atoms with Gasteiger partial charge in [-0.25, -0.2) is 0 Å². The Morgan fingerprint density at radius 2 is 2.32 bits per heavy atom. The molecule has 1 aromatic carbocycles. The van der Waals surface area contributed by atoms with Gasteiger partial charge < -0.3 is 15.1 Å². The van der Waals surface area contributed by atoms with E-state index in [0.29, 0.717) is 12.7 Å². The quantitative estimate of drug-likeness (QED) is 0.371. The van der Waals surface area contributed by atoms with E-state index in [1.165, 1.54) is 6.42 Å². The molecule has 0 amide bonds. The van der Waals surface area contributed by atoms with Gasteiger partial charge in [-0.3, -0.25) is 15.4 Å². The molecule has 7 nitrogen and oxygen atoms in total. The van der Waals surface area contributed by atoms with Crippen molar-refractivity contribution in [1.29, 1.82) is 0 Å². The van der Waals surface area contributed by atoms with Crippen LogP contribution in [0, 0.1) is 0 Å². The lowest BCUT2D eigenvalue weighted by Gasteiger charge is -2.35. The number of likely N-dealkylation sites (tertiary alicyclic amines) is 1. The first-order valence-electron chi connectivity index (χ1n) is 10.1. The highest BCUT2D eigenvalue weighted by atomic mass is 15.2. The van der Waals surface area contributed by atoms with Crippen LogP contribution in [0.5, 0.6) is 0 Å². The van der Waals surface area contributed by atoms with Crippen LogP contribution in [0.15, 0.2) is 41.5 Å². The Hall–Kier alpha value is -2.38. The first kappa shape index (κ1) is 20.4. The molecular formula is C21H33N7. The minimum Gasteiger partial charge on any atom is -0.381 e. The Balaban J connectivity index is 1.57. The molecule has 1 aliphatic rings. The predicted molar refractivity (Wildman–Crippen MR) is 118 cm³/mol. The van der Waals surface area contributed by atoms with E-state index in [1.807, 2.05) is 6.20 Å². The number of fused-ring (bicyclic) bond motifs is 1. The number of amidine groups is 1. The molecule has 1 fully saturated rings. The van der Waals surface area contributed by atoms with E-state index in [4.69, 9.17) is 4.99 Å². The maximum absolute atomic E-state index is 4.80. The number of anilines is 1. The fourth-order valence-electron chi connectivity index (χ4n) is 3.50. The number of H-pyrrole nitrogens is 1. The van der Waals surface area contributed by atoms with Gasteiger partial charge in [-0.2, -0.15) is 5.10 Å². The molecule has 2 aromatic rings. The molecule has 28 heavy (non-hydrogen) atoms. The van der Waals surface area contributed by atoms with E-state index in [-0.39, 0.29) is 0 Å². The predicted octanol–water partition coefficient (Wildman–Crippen LogP) is 2.52. The molecule has 0 radical (unpaired) electrons. The fraction of sp³-hybridized carbons (Fsp3) is 0.524. The van der Waals surface area contributed by atoms with Crippen LogP contribution in [0.4, 0.5) is 5.69 Å². The van der Waals surface area contributed by atoms with Crippen LogP contribution in [0.25, 0.3) is 10.9 Å². The lowest BCUT2D eigenvalue weighted by Crippen LogP contribution is -2.45. The molecule has 1 atom stereocenters. The average molecular weight is 384 g/mol. The molecule has 1 aliphatic heterocycles. The number of nitrogens with one attached hydrogen (secondary N) is 3. The summed E-state index contributed by atoms with van der Waals surface area (Å²) in [6, 6.07) is 6.77. The van der Waals surface area contributed by atoms with Gasteiger partial charge >= 0.3 is 0 Å². The van der Waals surface area contributed by atoms with Crippen molar-refractivity contribution in [1.82, 2.24) is 25.3 Å². The van der Waals surface area contributed by atoms with Gasteiger partial charge in [0.15, 0.2) is 0 Å². The van der Waals surface area contributed by atoms with Crippen molar-refractivity contribution >= 4 is 22.4 Å². The molecule has 2 heterocycles. The number of hydrogen-bond acceptors (Lipinski definition) is 5. The summed E-state index contributed by atoms with van der Waals surface area (Å²) in [5, 5.41) is 15.3. The molecule has 3 N–H and O–H groups in total. The highest BCUT2D eigenvalue weighted by molar-refractivity contribution is 5.93. The lowest BCUT2D eigenvalue weighted by molar-refractivity contribution is 0.321. The third kappa shape index (κ3) is 5.81. The monoisotopic (exact) mass is 383 g/mol. The van der Waals surface area contributed by atoms with Crippen LogP contribution in [-0.4, -0.2) is 78.8 Å². The standard InChI is InChI=1S/C21H33N7/c1-4-6-21(23-16-22-10-12-27(2)3)28-11-5-7-19(15-28)25-18-8-9-20-17(13-18)14-24-26-20/h4,6,8-9,13-14,19,22,25H,5,7,10-12,15-16H2,1-3H3,(H,24,26)/b6-4-,23-21+. The molecule has 0 aliphatic carbocycles. The average Bonchev–Trinajstić information content (AvgIpc) is 3.15. The second-order valence-corrected chi connectivity index (χ2v) is 7.58. The molecule has 152 valence electrons. The number of hydrogen-bond donors (Lipinski definition) is 3. The number of rotatable bonds is 8. The van der Waals surface area contributed by atoms with Crippen LogP contribution in [0.2, 0.25) is 0 Å². The molecular weight excluding hydrogens is 350 g/mol. The maximum atomic E-state index is 4.80. The van der Waals surface area contributed by atoms with Gasteiger partial charge in [-0.05, 0) is 58.1 Å². The van der Waals surface area contributed by atoms with E-state index >= 15 is 0 Å². The molecule has 1 saturated heterocycles. The van der Waals surface area contributed by atoms with Crippen LogP contribution in [-0.2, 0) is 0 Å². The van der Waals surface area contributed by atoms with E-state index in [9.17, 15) is 0 Å². The van der Waals surface area contributed by atoms with Crippen LogP contribution < -0.4 is 10.6 Å². The normalized spacial score (nSPS) is 18.5. The smallest absolute Gasteiger partial charge is 0.124 e. The lowest BCUT2D eigenvalue weighted by atomic mass is 10.0. The first-order chi connectivity index (χ1) is 13.7. The number of allylic oxidation sites excluding steroid dienone is 1. The van der Waals surface area contributed by atoms with Gasteiger partial charge in [0.25, 0.3) is 0 Å². The van der Waals surface area contributed by atoms with Crippen molar-refractivity contribution in [2.75, 3.05) is 52.3 Å². The van der Waals surface area contributed by atoms with E-state index in [1.54, 1.807) is 0 Å². The summed E-state index contributed by atoms with van der Waals surface area (Å²) in [5.41, 5.74) is 2.22. The summed E-state index contributed by atoms with van der Waals surface area (Å²) >= 11 is 0. The summed E-state index contributed by atoms with van der Waals surface area (Å²) in [4.78, 5) is 9.36. The summed E-state index contributed by atoms with van der Waals surface area (Å²) < 4.78 is 0. The first-order valence-corrected chi connectivity index (χ1v) is 10.1. The van der Waals surface area contributed by atoms with Gasteiger partial charge in [-0.1, -0.05) is 6.08 Å². The van der Waals surface area contributed by atoms with Crippen molar-refractivity contribution in [3.8, 4) is 0 Å². The molecule has 0 saturated carbocycles. The number of benzene rings is 1. The van der Waals surface area contributed by atoms with Gasteiger partial charge in [0.1, 0.15) is 5.84 Å². The van der Waals surface area contributed by atoms with Gasteiger partial charge in [0, 0.05) is 43.3 Å². The second kappa shape index (κ2) is 10.2. The molecule has 0 spiro atoms. The SMILES string of the molecule is C/C=C\C(=N/CNCCN(C)C)N1CCCC(Nc2ccc3[nH]ncc3c2)C1. The largest absolute Gasteiger partial charge is 0.381 e. The van der Waals surface area contributed by atoms with E-state index in [0.717, 1.165) is 55.0 Å². The second-order valence-electron chi connectivity index (χ2n) is 7.58. The Morgan fingerprint density at radius 1 is 1.43 bits per heavy atom. The Kier molecular flexibility index (Phi) is 7.45. The number of aromatic amines is 1. The van der Waals surface area contributed by atoms with Gasteiger partial charge in [-0.15, -0.1) is 0 Å². The highest BCUT2D eigenvalue weighted by Gasteiger charge is 2.21. The fourth-order valence-corrected chi connectivity index (χ4v) is 3.50. The summed E-state index contributed by atoms with van der Waals surface area (Å²) in [5.74, 6) is 1.07. The maximum Gasteiger partial charge on any atom is 0.124 e. The van der Waals surface area contributed by atoms with Crippen molar-refractivity contribution in [2.45, 2.75) is 25.8 Å². The minimum absolute atomic E-state index is 0.412. The third-order valence-electron chi connectivity index (χ3n) is 4.96. The van der Waals surface area contributed by atoms with Gasteiger partial charge in [0.2, 0.25) is 0 Å². The Labute approximate surface area is 167 Å². The summed E-state index contributed by atoms with van der Waals surface area (Å²) in [7, 11) is 4.17. The third-order valence-corrected chi connectivity index (χ3v) is 4.96. The molecule has 0 bridgehead atoms. The highest BCUT2D eigenvalue weighted by Crippen LogP contribution is 2.20. The Bertz CT molecular complexity index is 793. The van der Waals surface area contributed by atoms with Gasteiger partial charge in [0.05, 0.1) is 18.4 Å². The summed E-state index contributed by atoms with van der Waals surface area (Å²) in [6.45, 7) is 6.68. The van der Waals surface area contributed by atoms with Crippen LogP contribution >= 0.6 is 0 Å². The van der Waals surface area contributed by atoms with Crippen molar-refractivity contribution in [2.24, 2.45) is 4.99 Å². The van der Waals surface area contributed by atoms with E-state index < -0.39 is 0 Å². The van der Waals surface area contributed by atoms with Crippen molar-refractivity contribution in [3.05, 3.63) is 36.5 Å². The Morgan fingerprint density at radius 3 is 3.14 bits per heavy atom. The zero-order chi connectivity index (χ0) is 19.8. The van der Waals surface area contributed by atoms with E-state index in [2.05, 4.69) is 82.0 Å². The number of aromatic nitrogens is 2. The van der Waals surface area contributed by atoms with Crippen LogP contribution in [0.3, 0.4) is 0 Å². The topological polar surface area (TPSA) is 71.6 Å². The number of aliphatic imine (C=N–C) groups is 1. The zero-order valence-electron chi connectivity index (χ0n) is 17.3. The molecule has 7 heteroatoms. The minimum atomic E-state index is 0.412. The summed E-state index contributed by atoms with van der Waals surface area (Å²) in [6.07, 6.45) is 8.39. The van der Waals surface area contributed by atoms with Crippen LogP contribution in [0.1, 0.15) is 19.8 Å². The number of piperidine rings is 1. The molecule has 1 unspecified atom stereocenters. The van der Waals surface area contributed by atoms with Crippen molar-refractivity contribution < 1.29 is 0 Å². The molecule has 1 aromatic heterocycles. The number of nitrogens with zero attached hydrogens (tertiary/aromatic N) is 4.